The first-order valence-electron chi connectivity index (χ1n) is 5.41. The second kappa shape index (κ2) is 6.85. The molecule has 0 fully saturated rings. The SMILES string of the molecule is C=CCNC(CC=C)c1ccc(OC)cc1. The van der Waals surface area contributed by atoms with Gasteiger partial charge in [-0.3, -0.25) is 0 Å². The predicted molar refractivity (Wildman–Crippen MR) is 68.7 cm³/mol. The van der Waals surface area contributed by atoms with Gasteiger partial charge in [0.1, 0.15) is 5.75 Å². The van der Waals surface area contributed by atoms with Crippen molar-refractivity contribution in [1.82, 2.24) is 5.32 Å². The number of hydrogen-bond donors (Lipinski definition) is 1. The molecule has 1 rings (SSSR count). The van der Waals surface area contributed by atoms with Gasteiger partial charge in [0, 0.05) is 12.6 Å². The lowest BCUT2D eigenvalue weighted by Crippen LogP contribution is -2.20. The van der Waals surface area contributed by atoms with E-state index in [0.29, 0.717) is 6.04 Å². The van der Waals surface area contributed by atoms with Crippen molar-refractivity contribution < 1.29 is 4.74 Å². The second-order valence-electron chi connectivity index (χ2n) is 3.55. The van der Waals surface area contributed by atoms with E-state index >= 15 is 0 Å². The average molecular weight is 217 g/mol. The molecule has 86 valence electrons. The summed E-state index contributed by atoms with van der Waals surface area (Å²) in [5.41, 5.74) is 1.24. The molecule has 0 aromatic heterocycles. The van der Waals surface area contributed by atoms with Crippen molar-refractivity contribution in [3.05, 3.63) is 55.1 Å². The first-order valence-corrected chi connectivity index (χ1v) is 5.41. The third-order valence-electron chi connectivity index (χ3n) is 2.43. The van der Waals surface area contributed by atoms with Gasteiger partial charge in [-0.1, -0.05) is 24.3 Å². The molecule has 0 bridgehead atoms. The third-order valence-corrected chi connectivity index (χ3v) is 2.43. The quantitative estimate of drug-likeness (QED) is 0.709. The van der Waals surface area contributed by atoms with Gasteiger partial charge in [-0.05, 0) is 24.1 Å². The van der Waals surface area contributed by atoms with E-state index in [4.69, 9.17) is 4.74 Å². The Morgan fingerprint density at radius 1 is 1.25 bits per heavy atom. The molecule has 0 saturated heterocycles. The summed E-state index contributed by atoms with van der Waals surface area (Å²) in [4.78, 5) is 0. The van der Waals surface area contributed by atoms with E-state index in [1.54, 1.807) is 7.11 Å². The van der Waals surface area contributed by atoms with Crippen LogP contribution < -0.4 is 10.1 Å². The third kappa shape index (κ3) is 3.55. The summed E-state index contributed by atoms with van der Waals surface area (Å²) < 4.78 is 5.13. The molecule has 1 atom stereocenters. The first kappa shape index (κ1) is 12.5. The highest BCUT2D eigenvalue weighted by Crippen LogP contribution is 2.20. The standard InChI is InChI=1S/C14H19NO/c1-4-6-14(15-11-5-2)12-7-9-13(16-3)10-8-12/h4-5,7-10,14-15H,1-2,6,11H2,3H3. The molecule has 2 heteroatoms. The number of hydrogen-bond acceptors (Lipinski definition) is 2. The van der Waals surface area contributed by atoms with Gasteiger partial charge in [0.25, 0.3) is 0 Å². The van der Waals surface area contributed by atoms with E-state index in [9.17, 15) is 0 Å². The van der Waals surface area contributed by atoms with Crippen LogP contribution in [0.5, 0.6) is 5.75 Å². The smallest absolute Gasteiger partial charge is 0.118 e. The van der Waals surface area contributed by atoms with Crippen molar-refractivity contribution >= 4 is 0 Å². The topological polar surface area (TPSA) is 21.3 Å². The van der Waals surface area contributed by atoms with Crippen LogP contribution in [0.1, 0.15) is 18.0 Å². The fourth-order valence-electron chi connectivity index (χ4n) is 1.57. The molecule has 0 amide bonds. The van der Waals surface area contributed by atoms with Gasteiger partial charge < -0.3 is 10.1 Å². The maximum absolute atomic E-state index is 5.13. The zero-order valence-electron chi connectivity index (χ0n) is 9.78. The maximum Gasteiger partial charge on any atom is 0.118 e. The van der Waals surface area contributed by atoms with E-state index in [1.807, 2.05) is 24.3 Å². The molecule has 1 aromatic rings. The summed E-state index contributed by atoms with van der Waals surface area (Å²) >= 11 is 0. The van der Waals surface area contributed by atoms with Crippen LogP contribution in [0, 0.1) is 0 Å². The van der Waals surface area contributed by atoms with Crippen LogP contribution in [0.15, 0.2) is 49.6 Å². The summed E-state index contributed by atoms with van der Waals surface area (Å²) in [5.74, 6) is 0.879. The Labute approximate surface area is 97.6 Å². The Morgan fingerprint density at radius 3 is 2.44 bits per heavy atom. The molecular weight excluding hydrogens is 198 g/mol. The molecule has 2 nitrogen and oxygen atoms in total. The monoisotopic (exact) mass is 217 g/mol. The van der Waals surface area contributed by atoms with Gasteiger partial charge in [0.15, 0.2) is 0 Å². The number of methoxy groups -OCH3 is 1. The molecule has 0 aliphatic carbocycles. The summed E-state index contributed by atoms with van der Waals surface area (Å²) in [6.07, 6.45) is 4.69. The van der Waals surface area contributed by atoms with Crippen molar-refractivity contribution in [1.29, 1.82) is 0 Å². The lowest BCUT2D eigenvalue weighted by molar-refractivity contribution is 0.414. The second-order valence-corrected chi connectivity index (χ2v) is 3.55. The van der Waals surface area contributed by atoms with Crippen molar-refractivity contribution in [2.75, 3.05) is 13.7 Å². The van der Waals surface area contributed by atoms with E-state index in [1.165, 1.54) is 5.56 Å². The Kier molecular flexibility index (Phi) is 5.37. The summed E-state index contributed by atoms with van der Waals surface area (Å²) in [6.45, 7) is 8.28. The predicted octanol–water partition coefficient (Wildman–Crippen LogP) is 3.09. The summed E-state index contributed by atoms with van der Waals surface area (Å²) in [5, 5.41) is 3.39. The Balaban J connectivity index is 2.74. The first-order chi connectivity index (χ1) is 7.81. The van der Waals surface area contributed by atoms with Crippen LogP contribution in [0.25, 0.3) is 0 Å². The number of rotatable bonds is 7. The minimum absolute atomic E-state index is 0.293. The highest BCUT2D eigenvalue weighted by molar-refractivity contribution is 5.29. The number of benzene rings is 1. The van der Waals surface area contributed by atoms with Crippen molar-refractivity contribution in [3.63, 3.8) is 0 Å². The van der Waals surface area contributed by atoms with Crippen molar-refractivity contribution in [3.8, 4) is 5.75 Å². The van der Waals surface area contributed by atoms with Crippen molar-refractivity contribution in [2.45, 2.75) is 12.5 Å². The highest BCUT2D eigenvalue weighted by Gasteiger charge is 2.07. The van der Waals surface area contributed by atoms with Crippen LogP contribution in [0.2, 0.25) is 0 Å². The zero-order valence-corrected chi connectivity index (χ0v) is 9.78. The highest BCUT2D eigenvalue weighted by atomic mass is 16.5. The molecular formula is C14H19NO. The molecule has 1 N–H and O–H groups in total. The fourth-order valence-corrected chi connectivity index (χ4v) is 1.57. The van der Waals surface area contributed by atoms with Gasteiger partial charge >= 0.3 is 0 Å². The van der Waals surface area contributed by atoms with Crippen LogP contribution in [0.3, 0.4) is 0 Å². The largest absolute Gasteiger partial charge is 0.497 e. The molecule has 0 aliphatic rings. The molecule has 0 heterocycles. The summed E-state index contributed by atoms with van der Waals surface area (Å²) in [6, 6.07) is 8.38. The Hall–Kier alpha value is -1.54. The lowest BCUT2D eigenvalue weighted by Gasteiger charge is -2.16. The van der Waals surface area contributed by atoms with E-state index in [-0.39, 0.29) is 0 Å². The number of ether oxygens (including phenoxy) is 1. The fraction of sp³-hybridized carbons (Fsp3) is 0.286. The van der Waals surface area contributed by atoms with E-state index in [0.717, 1.165) is 18.7 Å². The van der Waals surface area contributed by atoms with Crippen LogP contribution in [0.4, 0.5) is 0 Å². The van der Waals surface area contributed by atoms with Gasteiger partial charge in [-0.2, -0.15) is 0 Å². The minimum Gasteiger partial charge on any atom is -0.497 e. The Bertz CT molecular complexity index is 329. The molecule has 0 aliphatic heterocycles. The van der Waals surface area contributed by atoms with Gasteiger partial charge in [0.05, 0.1) is 7.11 Å². The van der Waals surface area contributed by atoms with E-state index in [2.05, 4.69) is 30.6 Å². The zero-order chi connectivity index (χ0) is 11.8. The average Bonchev–Trinajstić information content (AvgIpc) is 2.35. The van der Waals surface area contributed by atoms with Crippen LogP contribution in [-0.4, -0.2) is 13.7 Å². The van der Waals surface area contributed by atoms with Crippen molar-refractivity contribution in [2.24, 2.45) is 0 Å². The van der Waals surface area contributed by atoms with Crippen LogP contribution in [-0.2, 0) is 0 Å². The van der Waals surface area contributed by atoms with Gasteiger partial charge in [-0.25, -0.2) is 0 Å². The number of nitrogens with one attached hydrogen (secondary N) is 1. The lowest BCUT2D eigenvalue weighted by atomic mass is 10.0. The maximum atomic E-state index is 5.13. The van der Waals surface area contributed by atoms with E-state index < -0.39 is 0 Å². The molecule has 0 saturated carbocycles. The van der Waals surface area contributed by atoms with Crippen LogP contribution >= 0.6 is 0 Å². The normalized spacial score (nSPS) is 11.8. The molecule has 1 unspecified atom stereocenters. The van der Waals surface area contributed by atoms with Gasteiger partial charge in [-0.15, -0.1) is 13.2 Å². The molecule has 0 radical (unpaired) electrons. The minimum atomic E-state index is 0.293. The molecule has 16 heavy (non-hydrogen) atoms. The summed E-state index contributed by atoms with van der Waals surface area (Å²) in [7, 11) is 1.67. The molecule has 0 spiro atoms. The Morgan fingerprint density at radius 2 is 1.94 bits per heavy atom. The van der Waals surface area contributed by atoms with Gasteiger partial charge in [0.2, 0.25) is 0 Å². The molecule has 1 aromatic carbocycles.